The molecule has 2 aromatic carbocycles. The molecule has 1 amide bonds. The number of furan rings is 1. The van der Waals surface area contributed by atoms with E-state index in [1.807, 2.05) is 36.4 Å². The van der Waals surface area contributed by atoms with E-state index in [0.29, 0.717) is 24.7 Å². The molecule has 1 aliphatic rings. The Labute approximate surface area is 152 Å². The van der Waals surface area contributed by atoms with Crippen molar-refractivity contribution < 1.29 is 13.9 Å². The molecule has 0 atom stereocenters. The van der Waals surface area contributed by atoms with Crippen LogP contribution in [-0.2, 0) is 26.0 Å². The van der Waals surface area contributed by atoms with Crippen LogP contribution >= 0.6 is 0 Å². The van der Waals surface area contributed by atoms with Gasteiger partial charge in [-0.25, -0.2) is 0 Å². The summed E-state index contributed by atoms with van der Waals surface area (Å²) < 4.78 is 11.4. The second kappa shape index (κ2) is 7.48. The maximum absolute atomic E-state index is 12.2. The molecular formula is C22H21NO3. The summed E-state index contributed by atoms with van der Waals surface area (Å²) in [7, 11) is 0. The molecule has 1 aliphatic carbocycles. The van der Waals surface area contributed by atoms with Gasteiger partial charge in [0.2, 0.25) is 0 Å². The average molecular weight is 347 g/mol. The van der Waals surface area contributed by atoms with E-state index in [9.17, 15) is 4.79 Å². The Kier molecular flexibility index (Phi) is 4.73. The number of carbonyl (C=O) groups is 1. The van der Waals surface area contributed by atoms with Gasteiger partial charge in [-0.1, -0.05) is 36.4 Å². The van der Waals surface area contributed by atoms with Crippen molar-refractivity contribution in [3.05, 3.63) is 88.9 Å². The third-order valence-corrected chi connectivity index (χ3v) is 4.63. The third kappa shape index (κ3) is 3.80. The summed E-state index contributed by atoms with van der Waals surface area (Å²) >= 11 is 0. The van der Waals surface area contributed by atoms with E-state index in [1.165, 1.54) is 17.5 Å². The molecule has 132 valence electrons. The zero-order valence-corrected chi connectivity index (χ0v) is 14.5. The zero-order valence-electron chi connectivity index (χ0n) is 14.5. The topological polar surface area (TPSA) is 51.5 Å². The first-order valence-electron chi connectivity index (χ1n) is 8.93. The summed E-state index contributed by atoms with van der Waals surface area (Å²) in [4.78, 5) is 12.2. The Balaban J connectivity index is 1.32. The highest BCUT2D eigenvalue weighted by atomic mass is 16.5. The minimum absolute atomic E-state index is 0.224. The van der Waals surface area contributed by atoms with Gasteiger partial charge in [0.05, 0.1) is 0 Å². The number of hydrogen-bond acceptors (Lipinski definition) is 3. The summed E-state index contributed by atoms with van der Waals surface area (Å²) in [5.74, 6) is 1.55. The monoisotopic (exact) mass is 347 g/mol. The van der Waals surface area contributed by atoms with Crippen LogP contribution in [0.3, 0.4) is 0 Å². The van der Waals surface area contributed by atoms with Crippen molar-refractivity contribution in [1.29, 1.82) is 0 Å². The smallest absolute Gasteiger partial charge is 0.287 e. The highest BCUT2D eigenvalue weighted by Gasteiger charge is 2.13. The number of fused-ring (bicyclic) bond motifs is 1. The predicted molar refractivity (Wildman–Crippen MR) is 99.1 cm³/mol. The number of benzene rings is 2. The van der Waals surface area contributed by atoms with Crippen molar-refractivity contribution in [2.24, 2.45) is 0 Å². The summed E-state index contributed by atoms with van der Waals surface area (Å²) in [6.07, 6.45) is 3.51. The Morgan fingerprint density at radius 1 is 1.00 bits per heavy atom. The zero-order chi connectivity index (χ0) is 17.8. The molecular weight excluding hydrogens is 326 g/mol. The molecule has 0 saturated heterocycles. The lowest BCUT2D eigenvalue weighted by Gasteiger charge is -2.07. The van der Waals surface area contributed by atoms with Gasteiger partial charge in [0.1, 0.15) is 18.1 Å². The minimum atomic E-state index is -0.224. The van der Waals surface area contributed by atoms with Gasteiger partial charge in [-0.2, -0.15) is 0 Å². The van der Waals surface area contributed by atoms with Gasteiger partial charge in [-0.15, -0.1) is 0 Å². The normalized spacial score (nSPS) is 12.6. The van der Waals surface area contributed by atoms with E-state index < -0.39 is 0 Å². The predicted octanol–water partition coefficient (Wildman–Crippen LogP) is 4.28. The number of nitrogens with one attached hydrogen (secondary N) is 1. The molecule has 3 aromatic rings. The van der Waals surface area contributed by atoms with E-state index in [-0.39, 0.29) is 5.91 Å². The van der Waals surface area contributed by atoms with Gasteiger partial charge in [-0.05, 0) is 60.2 Å². The standard InChI is InChI=1S/C22H21NO3/c24-22(23-14-16-5-2-1-3-6-16)21-12-11-20(26-21)15-25-19-10-9-17-7-4-8-18(17)13-19/h1-3,5-6,9-13H,4,7-8,14-15H2,(H,23,24). The van der Waals surface area contributed by atoms with E-state index in [1.54, 1.807) is 12.1 Å². The molecule has 0 fully saturated rings. The van der Waals surface area contributed by atoms with Crippen molar-refractivity contribution in [3.8, 4) is 5.75 Å². The number of rotatable bonds is 6. The fraction of sp³-hybridized carbons (Fsp3) is 0.227. The number of amides is 1. The molecule has 0 unspecified atom stereocenters. The van der Waals surface area contributed by atoms with Gasteiger partial charge in [0.25, 0.3) is 5.91 Å². The van der Waals surface area contributed by atoms with Gasteiger partial charge >= 0.3 is 0 Å². The molecule has 4 heteroatoms. The second-order valence-corrected chi connectivity index (χ2v) is 6.51. The summed E-state index contributed by atoms with van der Waals surface area (Å²) in [6, 6.07) is 19.5. The molecule has 1 aromatic heterocycles. The number of carbonyl (C=O) groups excluding carboxylic acids is 1. The Morgan fingerprint density at radius 2 is 1.85 bits per heavy atom. The van der Waals surface area contributed by atoms with E-state index in [2.05, 4.69) is 17.4 Å². The van der Waals surface area contributed by atoms with Crippen molar-refractivity contribution in [3.63, 3.8) is 0 Å². The molecule has 0 aliphatic heterocycles. The van der Waals surface area contributed by atoms with Crippen LogP contribution < -0.4 is 10.1 Å². The Bertz CT molecular complexity index is 899. The first kappa shape index (κ1) is 16.5. The van der Waals surface area contributed by atoms with Crippen LogP contribution in [0.2, 0.25) is 0 Å². The summed E-state index contributed by atoms with van der Waals surface area (Å²) in [5.41, 5.74) is 3.85. The average Bonchev–Trinajstić information content (AvgIpc) is 3.34. The third-order valence-electron chi connectivity index (χ3n) is 4.63. The molecule has 4 rings (SSSR count). The largest absolute Gasteiger partial charge is 0.486 e. The molecule has 26 heavy (non-hydrogen) atoms. The molecule has 1 heterocycles. The first-order chi connectivity index (χ1) is 12.8. The van der Waals surface area contributed by atoms with Crippen LogP contribution in [-0.4, -0.2) is 5.91 Å². The first-order valence-corrected chi connectivity index (χ1v) is 8.93. The van der Waals surface area contributed by atoms with Crippen LogP contribution in [0.5, 0.6) is 5.75 Å². The molecule has 0 spiro atoms. The van der Waals surface area contributed by atoms with Crippen LogP contribution in [0.15, 0.2) is 65.1 Å². The van der Waals surface area contributed by atoms with E-state index in [0.717, 1.165) is 24.2 Å². The molecule has 4 nitrogen and oxygen atoms in total. The van der Waals surface area contributed by atoms with Gasteiger partial charge < -0.3 is 14.5 Å². The van der Waals surface area contributed by atoms with Crippen LogP contribution in [0.25, 0.3) is 0 Å². The lowest BCUT2D eigenvalue weighted by molar-refractivity contribution is 0.0919. The van der Waals surface area contributed by atoms with Crippen LogP contribution in [0.4, 0.5) is 0 Å². The minimum Gasteiger partial charge on any atom is -0.486 e. The number of ether oxygens (including phenoxy) is 1. The second-order valence-electron chi connectivity index (χ2n) is 6.51. The Hall–Kier alpha value is -3.01. The van der Waals surface area contributed by atoms with E-state index >= 15 is 0 Å². The van der Waals surface area contributed by atoms with Crippen LogP contribution in [0, 0.1) is 0 Å². The quantitative estimate of drug-likeness (QED) is 0.724. The lowest BCUT2D eigenvalue weighted by Crippen LogP contribution is -2.22. The highest BCUT2D eigenvalue weighted by molar-refractivity contribution is 5.91. The molecule has 0 saturated carbocycles. The maximum atomic E-state index is 12.2. The number of aryl methyl sites for hydroxylation is 2. The fourth-order valence-electron chi connectivity index (χ4n) is 3.24. The highest BCUT2D eigenvalue weighted by Crippen LogP contribution is 2.26. The van der Waals surface area contributed by atoms with Gasteiger partial charge in [0, 0.05) is 6.54 Å². The van der Waals surface area contributed by atoms with Gasteiger partial charge in [-0.3, -0.25) is 4.79 Å². The van der Waals surface area contributed by atoms with Crippen molar-refractivity contribution in [2.75, 3.05) is 0 Å². The van der Waals surface area contributed by atoms with Crippen LogP contribution in [0.1, 0.15) is 39.4 Å². The molecule has 0 bridgehead atoms. The lowest BCUT2D eigenvalue weighted by atomic mass is 10.1. The molecule has 0 radical (unpaired) electrons. The summed E-state index contributed by atoms with van der Waals surface area (Å²) in [5, 5.41) is 2.86. The van der Waals surface area contributed by atoms with E-state index in [4.69, 9.17) is 9.15 Å². The molecule has 1 N–H and O–H groups in total. The van der Waals surface area contributed by atoms with Gasteiger partial charge in [0.15, 0.2) is 5.76 Å². The summed E-state index contributed by atoms with van der Waals surface area (Å²) in [6.45, 7) is 0.784. The van der Waals surface area contributed by atoms with Crippen molar-refractivity contribution in [2.45, 2.75) is 32.4 Å². The SMILES string of the molecule is O=C(NCc1ccccc1)c1ccc(COc2ccc3c(c2)CCC3)o1. The van der Waals surface area contributed by atoms with Crippen molar-refractivity contribution >= 4 is 5.91 Å². The van der Waals surface area contributed by atoms with Crippen molar-refractivity contribution in [1.82, 2.24) is 5.32 Å². The number of hydrogen-bond donors (Lipinski definition) is 1. The fourth-order valence-corrected chi connectivity index (χ4v) is 3.24. The Morgan fingerprint density at radius 3 is 2.73 bits per heavy atom. The maximum Gasteiger partial charge on any atom is 0.287 e.